The number of hydrogen-bond acceptors (Lipinski definition) is 1. The predicted molar refractivity (Wildman–Crippen MR) is 61.1 cm³/mol. The van der Waals surface area contributed by atoms with Gasteiger partial charge in [-0.05, 0) is 25.3 Å². The molecule has 0 unspecified atom stereocenters. The quantitative estimate of drug-likeness (QED) is 0.635. The number of fused-ring (bicyclic) bond motifs is 2. The molecule has 0 bridgehead atoms. The zero-order valence-corrected chi connectivity index (χ0v) is 10.0. The molecule has 0 saturated heterocycles. The molecule has 1 aromatic heterocycles. The van der Waals surface area contributed by atoms with Crippen molar-refractivity contribution in [1.29, 1.82) is 0 Å². The standard InChI is InChI=1S/C13H20N2/c1-12(2,3)10-9-11-13(5-4-6-13)7-8-15(11)14-10/h9H,4-8H2,1-3H3. The zero-order valence-electron chi connectivity index (χ0n) is 10.0. The number of nitrogens with zero attached hydrogens (tertiary/aromatic N) is 2. The van der Waals surface area contributed by atoms with Gasteiger partial charge in [-0.15, -0.1) is 0 Å². The van der Waals surface area contributed by atoms with Crippen LogP contribution < -0.4 is 0 Å². The van der Waals surface area contributed by atoms with E-state index in [0.29, 0.717) is 5.41 Å². The van der Waals surface area contributed by atoms with Gasteiger partial charge in [-0.3, -0.25) is 4.68 Å². The van der Waals surface area contributed by atoms with Gasteiger partial charge in [-0.25, -0.2) is 0 Å². The van der Waals surface area contributed by atoms with Gasteiger partial charge in [0.05, 0.1) is 5.69 Å². The molecule has 15 heavy (non-hydrogen) atoms. The minimum Gasteiger partial charge on any atom is -0.269 e. The molecule has 1 saturated carbocycles. The number of aryl methyl sites for hydroxylation is 1. The lowest BCUT2D eigenvalue weighted by Crippen LogP contribution is -2.31. The van der Waals surface area contributed by atoms with Crippen molar-refractivity contribution in [1.82, 2.24) is 9.78 Å². The first kappa shape index (κ1) is 9.44. The summed E-state index contributed by atoms with van der Waals surface area (Å²) in [6.07, 6.45) is 5.53. The molecule has 2 heterocycles. The van der Waals surface area contributed by atoms with Crippen molar-refractivity contribution in [3.8, 4) is 0 Å². The van der Waals surface area contributed by atoms with Gasteiger partial charge < -0.3 is 0 Å². The van der Waals surface area contributed by atoms with E-state index in [1.807, 2.05) is 0 Å². The van der Waals surface area contributed by atoms with E-state index >= 15 is 0 Å². The van der Waals surface area contributed by atoms with Crippen LogP contribution in [0, 0.1) is 0 Å². The van der Waals surface area contributed by atoms with Crippen LogP contribution in [0.2, 0.25) is 0 Å². The number of rotatable bonds is 0. The Balaban J connectivity index is 2.03. The minimum atomic E-state index is 0.197. The van der Waals surface area contributed by atoms with E-state index in [1.54, 1.807) is 0 Å². The highest BCUT2D eigenvalue weighted by atomic mass is 15.3. The maximum atomic E-state index is 4.76. The summed E-state index contributed by atoms with van der Waals surface area (Å²) in [6.45, 7) is 7.89. The molecule has 3 rings (SSSR count). The van der Waals surface area contributed by atoms with Crippen LogP contribution in [0.25, 0.3) is 0 Å². The van der Waals surface area contributed by atoms with Crippen molar-refractivity contribution in [3.05, 3.63) is 17.5 Å². The van der Waals surface area contributed by atoms with Crippen molar-refractivity contribution in [2.24, 2.45) is 0 Å². The molecular weight excluding hydrogens is 184 g/mol. The Morgan fingerprint density at radius 3 is 2.53 bits per heavy atom. The molecule has 1 fully saturated rings. The molecule has 0 radical (unpaired) electrons. The third-order valence-corrected chi connectivity index (χ3v) is 4.20. The highest BCUT2D eigenvalue weighted by molar-refractivity contribution is 5.29. The van der Waals surface area contributed by atoms with Crippen LogP contribution in [-0.2, 0) is 17.4 Å². The van der Waals surface area contributed by atoms with Crippen LogP contribution in [0.15, 0.2) is 6.07 Å². The maximum Gasteiger partial charge on any atom is 0.0681 e. The zero-order chi connectivity index (χ0) is 10.7. The summed E-state index contributed by atoms with van der Waals surface area (Å²) in [6, 6.07) is 2.37. The molecular formula is C13H20N2. The molecule has 2 aliphatic rings. The lowest BCUT2D eigenvalue weighted by molar-refractivity contribution is 0.243. The van der Waals surface area contributed by atoms with Gasteiger partial charge in [0.2, 0.25) is 0 Å². The van der Waals surface area contributed by atoms with Crippen molar-refractivity contribution in [3.63, 3.8) is 0 Å². The Labute approximate surface area is 91.7 Å². The summed E-state index contributed by atoms with van der Waals surface area (Å²) in [5.74, 6) is 0. The van der Waals surface area contributed by atoms with Gasteiger partial charge in [-0.2, -0.15) is 5.10 Å². The Morgan fingerprint density at radius 2 is 2.00 bits per heavy atom. The Kier molecular flexibility index (Phi) is 1.67. The Hall–Kier alpha value is -0.790. The van der Waals surface area contributed by atoms with Crippen molar-refractivity contribution >= 4 is 0 Å². The van der Waals surface area contributed by atoms with E-state index in [0.717, 1.165) is 6.54 Å². The van der Waals surface area contributed by atoms with E-state index < -0.39 is 0 Å². The summed E-state index contributed by atoms with van der Waals surface area (Å²) in [4.78, 5) is 0. The van der Waals surface area contributed by atoms with Crippen LogP contribution in [0.5, 0.6) is 0 Å². The molecule has 1 aliphatic heterocycles. The summed E-state index contributed by atoms with van der Waals surface area (Å²) in [7, 11) is 0. The van der Waals surface area contributed by atoms with Crippen molar-refractivity contribution in [2.45, 2.75) is 63.8 Å². The smallest absolute Gasteiger partial charge is 0.0681 e. The first-order chi connectivity index (χ1) is 7.01. The minimum absolute atomic E-state index is 0.197. The van der Waals surface area contributed by atoms with Gasteiger partial charge in [0.1, 0.15) is 0 Å². The molecule has 2 nitrogen and oxygen atoms in total. The fourth-order valence-electron chi connectivity index (χ4n) is 2.94. The second-order valence-electron chi connectivity index (χ2n) is 6.27. The Morgan fingerprint density at radius 1 is 1.27 bits per heavy atom. The van der Waals surface area contributed by atoms with Crippen molar-refractivity contribution in [2.75, 3.05) is 0 Å². The van der Waals surface area contributed by atoms with E-state index in [2.05, 4.69) is 31.5 Å². The van der Waals surface area contributed by atoms with Gasteiger partial charge in [0, 0.05) is 23.1 Å². The highest BCUT2D eigenvalue weighted by Gasteiger charge is 2.45. The topological polar surface area (TPSA) is 17.8 Å². The van der Waals surface area contributed by atoms with E-state index in [1.165, 1.54) is 37.1 Å². The second kappa shape index (κ2) is 2.66. The summed E-state index contributed by atoms with van der Waals surface area (Å²) in [5.41, 5.74) is 3.53. The third-order valence-electron chi connectivity index (χ3n) is 4.20. The molecule has 2 heteroatoms. The number of hydrogen-bond donors (Lipinski definition) is 0. The van der Waals surface area contributed by atoms with Gasteiger partial charge in [0.25, 0.3) is 0 Å². The lowest BCUT2D eigenvalue weighted by atomic mass is 9.66. The molecule has 1 aliphatic carbocycles. The first-order valence-corrected chi connectivity index (χ1v) is 6.10. The highest BCUT2D eigenvalue weighted by Crippen LogP contribution is 2.50. The van der Waals surface area contributed by atoms with Crippen LogP contribution in [0.1, 0.15) is 57.8 Å². The Bertz CT molecular complexity index is 391. The molecule has 1 spiro atoms. The molecule has 82 valence electrons. The number of aromatic nitrogens is 2. The van der Waals surface area contributed by atoms with E-state index in [4.69, 9.17) is 5.10 Å². The van der Waals surface area contributed by atoms with Gasteiger partial charge in [-0.1, -0.05) is 27.2 Å². The fourth-order valence-corrected chi connectivity index (χ4v) is 2.94. The molecule has 0 N–H and O–H groups in total. The fraction of sp³-hybridized carbons (Fsp3) is 0.769. The van der Waals surface area contributed by atoms with E-state index in [-0.39, 0.29) is 5.41 Å². The average molecular weight is 204 g/mol. The second-order valence-corrected chi connectivity index (χ2v) is 6.27. The predicted octanol–water partition coefficient (Wildman–Crippen LogP) is 3.01. The van der Waals surface area contributed by atoms with Crippen LogP contribution in [0.3, 0.4) is 0 Å². The third kappa shape index (κ3) is 1.20. The maximum absolute atomic E-state index is 4.76. The first-order valence-electron chi connectivity index (χ1n) is 6.10. The molecule has 0 aromatic carbocycles. The average Bonchev–Trinajstić information content (AvgIpc) is 2.53. The van der Waals surface area contributed by atoms with Gasteiger partial charge >= 0.3 is 0 Å². The monoisotopic (exact) mass is 204 g/mol. The normalized spacial score (nSPS) is 22.9. The van der Waals surface area contributed by atoms with Crippen LogP contribution in [0.4, 0.5) is 0 Å². The summed E-state index contributed by atoms with van der Waals surface area (Å²) >= 11 is 0. The summed E-state index contributed by atoms with van der Waals surface area (Å²) in [5, 5.41) is 4.76. The summed E-state index contributed by atoms with van der Waals surface area (Å²) < 4.78 is 2.26. The van der Waals surface area contributed by atoms with Crippen molar-refractivity contribution < 1.29 is 0 Å². The van der Waals surface area contributed by atoms with E-state index in [9.17, 15) is 0 Å². The SMILES string of the molecule is CC(C)(C)c1cc2n(n1)CCC21CCC1. The molecule has 1 aromatic rings. The van der Waals surface area contributed by atoms with Crippen LogP contribution >= 0.6 is 0 Å². The molecule has 0 amide bonds. The van der Waals surface area contributed by atoms with Gasteiger partial charge in [0.15, 0.2) is 0 Å². The van der Waals surface area contributed by atoms with Crippen LogP contribution in [-0.4, -0.2) is 9.78 Å². The lowest BCUT2D eigenvalue weighted by Gasteiger charge is -2.37. The largest absolute Gasteiger partial charge is 0.269 e. The molecule has 0 atom stereocenters.